The lowest BCUT2D eigenvalue weighted by atomic mass is 9.73. The van der Waals surface area contributed by atoms with E-state index in [2.05, 4.69) is 0 Å². The van der Waals surface area contributed by atoms with Crippen LogP contribution in [0.25, 0.3) is 0 Å². The minimum atomic E-state index is -0.920. The molecule has 4 aliphatic rings. The van der Waals surface area contributed by atoms with Gasteiger partial charge in [0.2, 0.25) is 0 Å². The van der Waals surface area contributed by atoms with E-state index in [0.29, 0.717) is 87.7 Å². The van der Waals surface area contributed by atoms with E-state index < -0.39 is 29.5 Å². The Labute approximate surface area is 355 Å². The van der Waals surface area contributed by atoms with Crippen molar-refractivity contribution in [2.24, 2.45) is 5.92 Å². The van der Waals surface area contributed by atoms with Crippen LogP contribution in [0.1, 0.15) is 71.4 Å². The monoisotopic (exact) mass is 832 g/mol. The van der Waals surface area contributed by atoms with E-state index in [1.807, 2.05) is 98.8 Å². The van der Waals surface area contributed by atoms with Crippen molar-refractivity contribution in [1.82, 2.24) is 9.80 Å². The standard InChI is InChI=1S/C26H31NO6.C22H21NO5/c1-3-30-24(31-4-2)22-23(28)20-12-8-9-13-21(20)33-26(22)14-16-27(17-15-26)25(29)32-18-19-10-6-5-7-11-19;24-14-18-20(25)17-8-4-5-9-19(17)28-22(18)10-12-23(13-11-22)21(26)27-15-16-6-2-1-3-7-16/h5-13,22,24H,3-4,14-18H2,1-2H3;1-9,14,24H,10-13,15H2/b;18-14+. The molecule has 320 valence electrons. The van der Waals surface area contributed by atoms with Crippen molar-refractivity contribution in [3.8, 4) is 11.5 Å². The lowest BCUT2D eigenvalue weighted by Gasteiger charge is -2.49. The van der Waals surface area contributed by atoms with E-state index in [9.17, 15) is 24.3 Å². The molecule has 0 aliphatic carbocycles. The zero-order chi connectivity index (χ0) is 42.8. The zero-order valence-corrected chi connectivity index (χ0v) is 34.5. The van der Waals surface area contributed by atoms with E-state index >= 15 is 0 Å². The number of fused-ring (bicyclic) bond motifs is 2. The fourth-order valence-corrected chi connectivity index (χ4v) is 8.45. The number of nitrogens with zero attached hydrogens (tertiary/aromatic N) is 2. The average Bonchev–Trinajstić information content (AvgIpc) is 3.29. The molecule has 2 fully saturated rings. The molecule has 0 aromatic heterocycles. The summed E-state index contributed by atoms with van der Waals surface area (Å²) in [5.74, 6) is 0.201. The molecule has 61 heavy (non-hydrogen) atoms. The number of Topliss-reactive ketones (excluding diaryl/α,β-unsaturated/α-hetero) is 2. The summed E-state index contributed by atoms with van der Waals surface area (Å²) in [4.78, 5) is 54.7. The van der Waals surface area contributed by atoms with E-state index in [1.165, 1.54) is 0 Å². The van der Waals surface area contributed by atoms with Gasteiger partial charge in [-0.1, -0.05) is 84.9 Å². The number of ether oxygens (including phenoxy) is 6. The Kier molecular flexibility index (Phi) is 13.7. The first kappa shape index (κ1) is 42.9. The van der Waals surface area contributed by atoms with E-state index in [-0.39, 0.29) is 36.4 Å². The van der Waals surface area contributed by atoms with Crippen LogP contribution >= 0.6 is 0 Å². The maximum Gasteiger partial charge on any atom is 0.410 e. The van der Waals surface area contributed by atoms with Gasteiger partial charge < -0.3 is 43.3 Å². The minimum absolute atomic E-state index is 0.0381. The van der Waals surface area contributed by atoms with Crippen molar-refractivity contribution in [1.29, 1.82) is 0 Å². The second-order valence-electron chi connectivity index (χ2n) is 15.3. The number of hydrogen-bond donors (Lipinski definition) is 1. The third-order valence-electron chi connectivity index (χ3n) is 11.7. The number of likely N-dealkylation sites (tertiary alicyclic amines) is 2. The fourth-order valence-electron chi connectivity index (χ4n) is 8.45. The van der Waals surface area contributed by atoms with E-state index in [4.69, 9.17) is 28.4 Å². The predicted molar refractivity (Wildman–Crippen MR) is 224 cm³/mol. The third kappa shape index (κ3) is 9.43. The van der Waals surface area contributed by atoms with Crippen LogP contribution in [0, 0.1) is 5.92 Å². The molecule has 4 aromatic carbocycles. The van der Waals surface area contributed by atoms with Crippen LogP contribution in [0.3, 0.4) is 0 Å². The molecule has 4 heterocycles. The maximum absolute atomic E-state index is 13.6. The number of hydrogen-bond acceptors (Lipinski definition) is 11. The molecule has 4 aromatic rings. The van der Waals surface area contributed by atoms with Gasteiger partial charge in [-0.2, -0.15) is 0 Å². The van der Waals surface area contributed by atoms with Crippen LogP contribution < -0.4 is 9.47 Å². The topological polar surface area (TPSA) is 150 Å². The lowest BCUT2D eigenvalue weighted by Crippen LogP contribution is -2.61. The Bertz CT molecular complexity index is 2170. The first-order chi connectivity index (χ1) is 29.7. The molecule has 2 spiro atoms. The molecule has 1 N–H and O–H groups in total. The van der Waals surface area contributed by atoms with Crippen molar-refractivity contribution in [3.63, 3.8) is 0 Å². The fraction of sp³-hybridized carbons (Fsp3) is 0.375. The van der Waals surface area contributed by atoms with Gasteiger partial charge in [0.25, 0.3) is 0 Å². The molecule has 13 heteroatoms. The molecule has 0 radical (unpaired) electrons. The van der Waals surface area contributed by atoms with Gasteiger partial charge in [-0.3, -0.25) is 9.59 Å². The maximum atomic E-state index is 13.6. The quantitative estimate of drug-likeness (QED) is 0.0986. The van der Waals surface area contributed by atoms with Crippen LogP contribution in [-0.4, -0.2) is 95.5 Å². The summed E-state index contributed by atoms with van der Waals surface area (Å²) < 4.78 is 35.3. The average molecular weight is 833 g/mol. The van der Waals surface area contributed by atoms with Gasteiger partial charge in [0.05, 0.1) is 23.0 Å². The number of amides is 2. The lowest BCUT2D eigenvalue weighted by molar-refractivity contribution is -0.198. The number of aliphatic hydroxyl groups is 1. The van der Waals surface area contributed by atoms with Crippen molar-refractivity contribution < 1.29 is 52.7 Å². The van der Waals surface area contributed by atoms with Crippen LogP contribution in [-0.2, 0) is 32.2 Å². The largest absolute Gasteiger partial charge is 0.515 e. The molecule has 4 aliphatic heterocycles. The highest BCUT2D eigenvalue weighted by Crippen LogP contribution is 2.46. The van der Waals surface area contributed by atoms with Crippen molar-refractivity contribution in [3.05, 3.63) is 143 Å². The highest BCUT2D eigenvalue weighted by molar-refractivity contribution is 6.12. The van der Waals surface area contributed by atoms with E-state index in [0.717, 1.165) is 17.4 Å². The Hall–Kier alpha value is -6.18. The summed E-state index contributed by atoms with van der Waals surface area (Å²) in [6.45, 7) is 6.64. The van der Waals surface area contributed by atoms with Gasteiger partial charge >= 0.3 is 12.2 Å². The number of carbonyl (C=O) groups is 4. The highest BCUT2D eigenvalue weighted by Gasteiger charge is 2.55. The Morgan fingerprint density at radius 3 is 1.64 bits per heavy atom. The van der Waals surface area contributed by atoms with Crippen molar-refractivity contribution in [2.75, 3.05) is 39.4 Å². The molecule has 2 amide bonds. The number of aliphatic hydroxyl groups excluding tert-OH is 1. The Balaban J connectivity index is 0.000000186. The second-order valence-corrected chi connectivity index (χ2v) is 15.3. The molecular formula is C48H52N2O11. The summed E-state index contributed by atoms with van der Waals surface area (Å²) >= 11 is 0. The molecule has 1 unspecified atom stereocenters. The third-order valence-corrected chi connectivity index (χ3v) is 11.7. The van der Waals surface area contributed by atoms with Gasteiger partial charge in [0.15, 0.2) is 17.9 Å². The highest BCUT2D eigenvalue weighted by atomic mass is 16.7. The number of para-hydroxylation sites is 2. The first-order valence-electron chi connectivity index (χ1n) is 20.8. The number of piperidine rings is 2. The first-order valence-corrected chi connectivity index (χ1v) is 20.8. The molecule has 0 bridgehead atoms. The molecule has 2 saturated heterocycles. The van der Waals surface area contributed by atoms with E-state index in [1.54, 1.807) is 34.1 Å². The molecular weight excluding hydrogens is 781 g/mol. The number of benzene rings is 4. The van der Waals surface area contributed by atoms with Crippen LogP contribution in [0.5, 0.6) is 11.5 Å². The predicted octanol–water partition coefficient (Wildman–Crippen LogP) is 8.32. The van der Waals surface area contributed by atoms with Gasteiger partial charge in [0, 0.05) is 65.1 Å². The van der Waals surface area contributed by atoms with Crippen molar-refractivity contribution >= 4 is 23.8 Å². The number of ketones is 2. The zero-order valence-electron chi connectivity index (χ0n) is 34.5. The number of rotatable bonds is 9. The second kappa shape index (κ2) is 19.5. The van der Waals surface area contributed by atoms with Gasteiger partial charge in [-0.05, 0) is 49.2 Å². The molecule has 13 nitrogen and oxygen atoms in total. The SMILES string of the molecule is CCOC(OCC)C1C(=O)c2ccccc2OC12CCN(C(=O)OCc1ccccc1)CC2.O=C1/C(=C\O)C2(CCN(C(=O)OCc3ccccc3)CC2)Oc2ccccc21. The summed E-state index contributed by atoms with van der Waals surface area (Å²) in [5.41, 5.74) is 1.36. The molecule has 8 rings (SSSR count). The van der Waals surface area contributed by atoms with Gasteiger partial charge in [-0.25, -0.2) is 9.59 Å². The Morgan fingerprint density at radius 1 is 0.672 bits per heavy atom. The smallest absolute Gasteiger partial charge is 0.410 e. The minimum Gasteiger partial charge on any atom is -0.515 e. The summed E-state index contributed by atoms with van der Waals surface area (Å²) in [6.07, 6.45) is 1.15. The molecule has 0 saturated carbocycles. The van der Waals surface area contributed by atoms with Gasteiger partial charge in [-0.15, -0.1) is 0 Å². The summed E-state index contributed by atoms with van der Waals surface area (Å²) in [7, 11) is 0. The molecule has 1 atom stereocenters. The summed E-state index contributed by atoms with van der Waals surface area (Å²) in [6, 6.07) is 33.4. The normalized spacial score (nSPS) is 19.3. The summed E-state index contributed by atoms with van der Waals surface area (Å²) in [5, 5.41) is 9.72. The van der Waals surface area contributed by atoms with Crippen molar-refractivity contribution in [2.45, 2.75) is 70.2 Å². The van der Waals surface area contributed by atoms with Gasteiger partial charge in [0.1, 0.15) is 41.8 Å². The van der Waals surface area contributed by atoms with Crippen LogP contribution in [0.4, 0.5) is 9.59 Å². The van der Waals surface area contributed by atoms with Crippen LogP contribution in [0.2, 0.25) is 0 Å². The Morgan fingerprint density at radius 2 is 1.13 bits per heavy atom. The number of carbonyl (C=O) groups excluding carboxylic acids is 4. The van der Waals surface area contributed by atoms with Crippen LogP contribution in [0.15, 0.2) is 121 Å².